The SMILES string of the molecule is C[C@@H](C(=O)NCc1cccc(C(F)(F)F)c1)N1C(=O)[C@@H]2CCCC[C@H]2C1=O. The number of imide groups is 1. The zero-order valence-electron chi connectivity index (χ0n) is 14.9. The lowest BCUT2D eigenvalue weighted by molar-refractivity contribution is -0.147. The Morgan fingerprint density at radius 3 is 2.33 bits per heavy atom. The Morgan fingerprint density at radius 1 is 1.19 bits per heavy atom. The summed E-state index contributed by atoms with van der Waals surface area (Å²) in [6.07, 6.45) is -1.36. The van der Waals surface area contributed by atoms with E-state index in [-0.39, 0.29) is 35.8 Å². The van der Waals surface area contributed by atoms with Crippen LogP contribution in [0.25, 0.3) is 0 Å². The van der Waals surface area contributed by atoms with E-state index in [1.807, 2.05) is 0 Å². The van der Waals surface area contributed by atoms with Crippen molar-refractivity contribution in [1.29, 1.82) is 0 Å². The van der Waals surface area contributed by atoms with Gasteiger partial charge in [-0.3, -0.25) is 19.3 Å². The Balaban J connectivity index is 1.65. The maximum atomic E-state index is 12.8. The molecule has 1 aromatic rings. The van der Waals surface area contributed by atoms with E-state index in [4.69, 9.17) is 0 Å². The van der Waals surface area contributed by atoms with Crippen molar-refractivity contribution in [3.8, 4) is 0 Å². The van der Waals surface area contributed by atoms with Crippen molar-refractivity contribution in [3.05, 3.63) is 35.4 Å². The highest BCUT2D eigenvalue weighted by molar-refractivity contribution is 6.08. The first-order valence-electron chi connectivity index (χ1n) is 9.01. The van der Waals surface area contributed by atoms with E-state index < -0.39 is 23.7 Å². The van der Waals surface area contributed by atoms with Gasteiger partial charge in [0.25, 0.3) is 0 Å². The van der Waals surface area contributed by atoms with E-state index in [1.54, 1.807) is 0 Å². The normalized spacial score (nSPS) is 23.9. The molecule has 0 bridgehead atoms. The Hall–Kier alpha value is -2.38. The third-order valence-electron chi connectivity index (χ3n) is 5.36. The van der Waals surface area contributed by atoms with E-state index in [9.17, 15) is 27.6 Å². The average molecular weight is 382 g/mol. The van der Waals surface area contributed by atoms with Gasteiger partial charge in [-0.15, -0.1) is 0 Å². The molecule has 1 N–H and O–H groups in total. The smallest absolute Gasteiger partial charge is 0.350 e. The summed E-state index contributed by atoms with van der Waals surface area (Å²) >= 11 is 0. The Kier molecular flexibility index (Phi) is 5.26. The average Bonchev–Trinajstić information content (AvgIpc) is 2.90. The second kappa shape index (κ2) is 7.32. The fourth-order valence-electron chi connectivity index (χ4n) is 3.88. The van der Waals surface area contributed by atoms with Gasteiger partial charge < -0.3 is 5.32 Å². The van der Waals surface area contributed by atoms with Crippen LogP contribution < -0.4 is 5.32 Å². The second-order valence-electron chi connectivity index (χ2n) is 7.14. The molecule has 0 radical (unpaired) electrons. The number of fused-ring (bicyclic) bond motifs is 1. The number of carbonyl (C=O) groups is 3. The summed E-state index contributed by atoms with van der Waals surface area (Å²) in [6.45, 7) is 1.35. The summed E-state index contributed by atoms with van der Waals surface area (Å²) < 4.78 is 38.3. The molecule has 5 nitrogen and oxygen atoms in total. The first-order chi connectivity index (χ1) is 12.7. The van der Waals surface area contributed by atoms with Gasteiger partial charge >= 0.3 is 6.18 Å². The topological polar surface area (TPSA) is 66.5 Å². The molecule has 0 spiro atoms. The van der Waals surface area contributed by atoms with Gasteiger partial charge in [-0.2, -0.15) is 13.2 Å². The Morgan fingerprint density at radius 2 is 1.78 bits per heavy atom. The van der Waals surface area contributed by atoms with Crippen molar-refractivity contribution in [2.24, 2.45) is 11.8 Å². The van der Waals surface area contributed by atoms with E-state index in [1.165, 1.54) is 19.1 Å². The molecule has 3 amide bonds. The van der Waals surface area contributed by atoms with Crippen LogP contribution >= 0.6 is 0 Å². The van der Waals surface area contributed by atoms with Crippen molar-refractivity contribution in [3.63, 3.8) is 0 Å². The number of amides is 3. The Bertz CT molecular complexity index is 739. The van der Waals surface area contributed by atoms with Crippen LogP contribution in [0.5, 0.6) is 0 Å². The van der Waals surface area contributed by atoms with Crippen LogP contribution in [-0.2, 0) is 27.1 Å². The number of carbonyl (C=O) groups excluding carboxylic acids is 3. The largest absolute Gasteiger partial charge is 0.416 e. The molecule has 1 heterocycles. The van der Waals surface area contributed by atoms with Gasteiger partial charge in [-0.25, -0.2) is 0 Å². The fourth-order valence-corrected chi connectivity index (χ4v) is 3.88. The lowest BCUT2D eigenvalue weighted by Crippen LogP contribution is -2.48. The van der Waals surface area contributed by atoms with E-state index in [2.05, 4.69) is 5.32 Å². The third-order valence-corrected chi connectivity index (χ3v) is 5.36. The highest BCUT2D eigenvalue weighted by Crippen LogP contribution is 2.38. The quantitative estimate of drug-likeness (QED) is 0.815. The van der Waals surface area contributed by atoms with Gasteiger partial charge in [0.2, 0.25) is 17.7 Å². The van der Waals surface area contributed by atoms with Crippen LogP contribution in [0.2, 0.25) is 0 Å². The molecule has 3 atom stereocenters. The third kappa shape index (κ3) is 3.84. The zero-order valence-corrected chi connectivity index (χ0v) is 14.9. The summed E-state index contributed by atoms with van der Waals surface area (Å²) in [5.41, 5.74) is -0.505. The van der Waals surface area contributed by atoms with Crippen LogP contribution in [0, 0.1) is 11.8 Å². The molecule has 3 rings (SSSR count). The fraction of sp³-hybridized carbons (Fsp3) is 0.526. The van der Waals surface area contributed by atoms with Crippen molar-refractivity contribution >= 4 is 17.7 Å². The minimum absolute atomic E-state index is 0.115. The van der Waals surface area contributed by atoms with E-state index >= 15 is 0 Å². The first-order valence-corrected chi connectivity index (χ1v) is 9.01. The molecule has 1 aliphatic heterocycles. The highest BCUT2D eigenvalue weighted by Gasteiger charge is 2.50. The molecule has 0 aromatic heterocycles. The van der Waals surface area contributed by atoms with Crippen LogP contribution in [0.4, 0.5) is 13.2 Å². The molecule has 2 aliphatic rings. The zero-order chi connectivity index (χ0) is 19.8. The second-order valence-corrected chi connectivity index (χ2v) is 7.14. The minimum atomic E-state index is -4.46. The molecule has 1 aromatic carbocycles. The molecule has 1 saturated carbocycles. The summed E-state index contributed by atoms with van der Waals surface area (Å²) in [7, 11) is 0. The van der Waals surface area contributed by atoms with Gasteiger partial charge in [0.1, 0.15) is 6.04 Å². The number of benzene rings is 1. The van der Waals surface area contributed by atoms with Gasteiger partial charge in [-0.1, -0.05) is 25.0 Å². The minimum Gasteiger partial charge on any atom is -0.350 e. The molecular formula is C19H21F3N2O3. The Labute approximate surface area is 154 Å². The molecule has 1 aliphatic carbocycles. The number of likely N-dealkylation sites (tertiary alicyclic amines) is 1. The molecule has 146 valence electrons. The maximum absolute atomic E-state index is 12.8. The van der Waals surface area contributed by atoms with E-state index in [0.717, 1.165) is 29.9 Å². The number of halogens is 3. The van der Waals surface area contributed by atoms with Gasteiger partial charge in [0.05, 0.1) is 17.4 Å². The number of nitrogens with one attached hydrogen (secondary N) is 1. The van der Waals surface area contributed by atoms with Crippen LogP contribution in [-0.4, -0.2) is 28.7 Å². The van der Waals surface area contributed by atoms with Crippen molar-refractivity contribution in [2.75, 3.05) is 0 Å². The number of rotatable bonds is 4. The first kappa shape index (κ1) is 19.4. The maximum Gasteiger partial charge on any atom is 0.416 e. The lowest BCUT2D eigenvalue weighted by atomic mass is 9.81. The predicted octanol–water partition coefficient (Wildman–Crippen LogP) is 2.89. The molecule has 1 saturated heterocycles. The molecule has 2 fully saturated rings. The van der Waals surface area contributed by atoms with Crippen LogP contribution in [0.15, 0.2) is 24.3 Å². The van der Waals surface area contributed by atoms with Crippen molar-refractivity contribution in [2.45, 2.75) is 51.4 Å². The molecular weight excluding hydrogens is 361 g/mol. The molecule has 0 unspecified atom stereocenters. The highest BCUT2D eigenvalue weighted by atomic mass is 19.4. The van der Waals surface area contributed by atoms with Gasteiger partial charge in [-0.05, 0) is 37.5 Å². The number of alkyl halides is 3. The van der Waals surface area contributed by atoms with E-state index in [0.29, 0.717) is 12.8 Å². The predicted molar refractivity (Wildman–Crippen MR) is 90.1 cm³/mol. The summed E-state index contributed by atoms with van der Waals surface area (Å²) in [4.78, 5) is 38.5. The summed E-state index contributed by atoms with van der Waals surface area (Å²) in [5.74, 6) is -1.87. The van der Waals surface area contributed by atoms with Crippen LogP contribution in [0.1, 0.15) is 43.7 Å². The lowest BCUT2D eigenvalue weighted by Gasteiger charge is -2.22. The van der Waals surface area contributed by atoms with Gasteiger partial charge in [0.15, 0.2) is 0 Å². The number of nitrogens with zero attached hydrogens (tertiary/aromatic N) is 1. The monoisotopic (exact) mass is 382 g/mol. The standard InChI is InChI=1S/C19H21F3N2O3/c1-11(24-17(26)14-7-2-3-8-15(14)18(24)27)16(25)23-10-12-5-4-6-13(9-12)19(20,21)22/h4-6,9,11,14-15H,2-3,7-8,10H2,1H3,(H,23,25)/t11-,14+,15+/m0/s1. The number of hydrogen-bond acceptors (Lipinski definition) is 3. The molecule has 27 heavy (non-hydrogen) atoms. The molecule has 8 heteroatoms. The van der Waals surface area contributed by atoms with Gasteiger partial charge in [0, 0.05) is 6.54 Å². The van der Waals surface area contributed by atoms with Crippen LogP contribution in [0.3, 0.4) is 0 Å². The summed E-state index contributed by atoms with van der Waals surface area (Å²) in [6, 6.07) is 3.68. The van der Waals surface area contributed by atoms with Crippen molar-refractivity contribution in [1.82, 2.24) is 10.2 Å². The van der Waals surface area contributed by atoms with Crippen molar-refractivity contribution < 1.29 is 27.6 Å². The number of hydrogen-bond donors (Lipinski definition) is 1. The summed E-state index contributed by atoms with van der Waals surface area (Å²) in [5, 5.41) is 2.52.